The molecule has 7 heteroatoms. The number of nitrogens with one attached hydrogen (secondary N) is 1. The van der Waals surface area contributed by atoms with Crippen LogP contribution in [0.4, 0.5) is 5.69 Å². The lowest BCUT2D eigenvalue weighted by Gasteiger charge is -2.24. The second kappa shape index (κ2) is 9.31. The lowest BCUT2D eigenvalue weighted by atomic mass is 10.2. The number of anilines is 1. The standard InChI is InChI=1S/C18H18Br2N2O2S/c1-3-22(14-7-5-4-6-8-14)18(25)21-16(23)11-24-17-12(2)9-13(19)10-15(17)20/h4-10H,3,11H2,1-2H3,(H,21,23,25). The van der Waals surface area contributed by atoms with Crippen molar-refractivity contribution in [1.82, 2.24) is 5.32 Å². The molecule has 0 saturated carbocycles. The van der Waals surface area contributed by atoms with Crippen molar-refractivity contribution in [3.05, 3.63) is 57.0 Å². The molecule has 0 aliphatic heterocycles. The highest BCUT2D eigenvalue weighted by molar-refractivity contribution is 9.11. The Labute approximate surface area is 169 Å². The molecule has 0 aromatic heterocycles. The van der Waals surface area contributed by atoms with Gasteiger partial charge in [0.1, 0.15) is 5.75 Å². The van der Waals surface area contributed by atoms with E-state index in [0.29, 0.717) is 17.4 Å². The molecular weight excluding hydrogens is 468 g/mol. The number of amides is 1. The summed E-state index contributed by atoms with van der Waals surface area (Å²) in [6.07, 6.45) is 0. The third-order valence-electron chi connectivity index (χ3n) is 3.42. The van der Waals surface area contributed by atoms with Crippen molar-refractivity contribution in [2.45, 2.75) is 13.8 Å². The van der Waals surface area contributed by atoms with E-state index in [-0.39, 0.29) is 12.5 Å². The number of rotatable bonds is 5. The number of thiocarbonyl (C=S) groups is 1. The van der Waals surface area contributed by atoms with Crippen molar-refractivity contribution in [3.8, 4) is 5.75 Å². The normalized spacial score (nSPS) is 10.2. The van der Waals surface area contributed by atoms with Gasteiger partial charge in [0.2, 0.25) is 0 Å². The smallest absolute Gasteiger partial charge is 0.264 e. The number of halogens is 2. The average Bonchev–Trinajstić information content (AvgIpc) is 2.55. The summed E-state index contributed by atoms with van der Waals surface area (Å²) in [6, 6.07) is 13.5. The molecule has 2 aromatic rings. The first-order valence-corrected chi connectivity index (χ1v) is 9.66. The number of carbonyl (C=O) groups is 1. The fourth-order valence-electron chi connectivity index (χ4n) is 2.28. The summed E-state index contributed by atoms with van der Waals surface area (Å²) in [6.45, 7) is 4.43. The zero-order valence-corrected chi connectivity index (χ0v) is 17.9. The van der Waals surface area contributed by atoms with Crippen LogP contribution >= 0.6 is 44.1 Å². The van der Waals surface area contributed by atoms with Crippen molar-refractivity contribution in [2.75, 3.05) is 18.1 Å². The Hall–Kier alpha value is -1.44. The summed E-state index contributed by atoms with van der Waals surface area (Å²) in [5.41, 5.74) is 1.86. The zero-order valence-electron chi connectivity index (χ0n) is 13.9. The lowest BCUT2D eigenvalue weighted by molar-refractivity contribution is -0.121. The van der Waals surface area contributed by atoms with Crippen molar-refractivity contribution in [2.24, 2.45) is 0 Å². The first kappa shape index (κ1) is 19.9. The van der Waals surface area contributed by atoms with E-state index >= 15 is 0 Å². The summed E-state index contributed by atoms with van der Waals surface area (Å²) in [5, 5.41) is 3.07. The minimum Gasteiger partial charge on any atom is -0.482 e. The van der Waals surface area contributed by atoms with E-state index in [1.165, 1.54) is 0 Å². The maximum atomic E-state index is 12.2. The number of para-hydroxylation sites is 1. The first-order valence-electron chi connectivity index (χ1n) is 7.67. The minimum atomic E-state index is -0.298. The largest absolute Gasteiger partial charge is 0.482 e. The average molecular weight is 486 g/mol. The molecule has 0 saturated heterocycles. The van der Waals surface area contributed by atoms with Crippen LogP contribution in [0.2, 0.25) is 0 Å². The van der Waals surface area contributed by atoms with Crippen LogP contribution in [0.1, 0.15) is 12.5 Å². The minimum absolute atomic E-state index is 0.118. The van der Waals surface area contributed by atoms with Gasteiger partial charge in [0, 0.05) is 16.7 Å². The molecule has 0 fully saturated rings. The summed E-state index contributed by atoms with van der Waals surface area (Å²) < 4.78 is 7.37. The quantitative estimate of drug-likeness (QED) is 0.616. The highest BCUT2D eigenvalue weighted by Crippen LogP contribution is 2.32. The van der Waals surface area contributed by atoms with Gasteiger partial charge in [-0.05, 0) is 71.8 Å². The molecule has 4 nitrogen and oxygen atoms in total. The highest BCUT2D eigenvalue weighted by Gasteiger charge is 2.14. The van der Waals surface area contributed by atoms with Gasteiger partial charge >= 0.3 is 0 Å². The van der Waals surface area contributed by atoms with Crippen LogP contribution in [0, 0.1) is 6.92 Å². The molecule has 0 aliphatic carbocycles. The molecule has 0 unspecified atom stereocenters. The zero-order chi connectivity index (χ0) is 18.4. The first-order chi connectivity index (χ1) is 11.9. The van der Waals surface area contributed by atoms with E-state index in [2.05, 4.69) is 37.2 Å². The predicted molar refractivity (Wildman–Crippen MR) is 112 cm³/mol. The van der Waals surface area contributed by atoms with Crippen molar-refractivity contribution >= 4 is 60.8 Å². The molecule has 2 aromatic carbocycles. The molecule has 0 spiro atoms. The molecular formula is C18H18Br2N2O2S. The van der Waals surface area contributed by atoms with Gasteiger partial charge in [-0.2, -0.15) is 0 Å². The Bertz CT molecular complexity index is 746. The fourth-order valence-corrected chi connectivity index (χ4v) is 4.19. The van der Waals surface area contributed by atoms with E-state index in [4.69, 9.17) is 17.0 Å². The summed E-state index contributed by atoms with van der Waals surface area (Å²) in [4.78, 5) is 14.0. The Balaban J connectivity index is 1.97. The number of aryl methyl sites for hydroxylation is 1. The molecule has 1 N–H and O–H groups in total. The van der Waals surface area contributed by atoms with E-state index in [1.54, 1.807) is 0 Å². The molecule has 2 rings (SSSR count). The summed E-state index contributed by atoms with van der Waals surface area (Å²) >= 11 is 12.2. The maximum Gasteiger partial charge on any atom is 0.264 e. The van der Waals surface area contributed by atoms with Gasteiger partial charge in [0.05, 0.1) is 4.47 Å². The van der Waals surface area contributed by atoms with Gasteiger partial charge < -0.3 is 9.64 Å². The van der Waals surface area contributed by atoms with Gasteiger partial charge in [0.25, 0.3) is 5.91 Å². The maximum absolute atomic E-state index is 12.2. The number of hydrogen-bond acceptors (Lipinski definition) is 3. The second-order valence-electron chi connectivity index (χ2n) is 5.26. The Morgan fingerprint density at radius 3 is 2.52 bits per heavy atom. The van der Waals surface area contributed by atoms with E-state index < -0.39 is 0 Å². The monoisotopic (exact) mass is 484 g/mol. The Kier molecular flexibility index (Phi) is 7.40. The van der Waals surface area contributed by atoms with Gasteiger partial charge in [0.15, 0.2) is 11.7 Å². The van der Waals surface area contributed by atoms with Crippen LogP contribution in [0.3, 0.4) is 0 Å². The van der Waals surface area contributed by atoms with Crippen LogP contribution in [0.5, 0.6) is 5.75 Å². The van der Waals surface area contributed by atoms with Crippen LogP contribution in [0.15, 0.2) is 51.4 Å². The number of hydrogen-bond donors (Lipinski definition) is 1. The molecule has 0 heterocycles. The van der Waals surface area contributed by atoms with Gasteiger partial charge in [-0.15, -0.1) is 0 Å². The summed E-state index contributed by atoms with van der Waals surface area (Å²) in [5.74, 6) is 0.341. The van der Waals surface area contributed by atoms with Gasteiger partial charge in [-0.25, -0.2) is 0 Å². The molecule has 1 amide bonds. The fraction of sp³-hybridized carbons (Fsp3) is 0.222. The van der Waals surface area contributed by atoms with Crippen molar-refractivity contribution in [1.29, 1.82) is 0 Å². The molecule has 0 radical (unpaired) electrons. The number of nitrogens with zero attached hydrogens (tertiary/aromatic N) is 1. The Morgan fingerprint density at radius 1 is 1.24 bits per heavy atom. The molecule has 25 heavy (non-hydrogen) atoms. The van der Waals surface area contributed by atoms with Crippen LogP contribution in [0.25, 0.3) is 0 Å². The SMILES string of the molecule is CCN(C(=S)NC(=O)COc1c(C)cc(Br)cc1Br)c1ccccc1. The molecule has 132 valence electrons. The predicted octanol–water partition coefficient (Wildman–Crippen LogP) is 4.83. The van der Waals surface area contributed by atoms with E-state index in [9.17, 15) is 4.79 Å². The van der Waals surface area contributed by atoms with E-state index in [0.717, 1.165) is 20.2 Å². The molecule has 0 bridgehead atoms. The highest BCUT2D eigenvalue weighted by atomic mass is 79.9. The molecule has 0 atom stereocenters. The lowest BCUT2D eigenvalue weighted by Crippen LogP contribution is -2.44. The van der Waals surface area contributed by atoms with Gasteiger partial charge in [-0.3, -0.25) is 10.1 Å². The molecule has 0 aliphatic rings. The van der Waals surface area contributed by atoms with Crippen LogP contribution < -0.4 is 15.0 Å². The van der Waals surface area contributed by atoms with Crippen LogP contribution in [-0.4, -0.2) is 24.2 Å². The second-order valence-corrected chi connectivity index (χ2v) is 7.41. The third-order valence-corrected chi connectivity index (χ3v) is 4.79. The number of ether oxygens (including phenoxy) is 1. The van der Waals surface area contributed by atoms with Gasteiger partial charge in [-0.1, -0.05) is 34.1 Å². The van der Waals surface area contributed by atoms with Crippen molar-refractivity contribution in [3.63, 3.8) is 0 Å². The number of carbonyl (C=O) groups excluding carboxylic acids is 1. The summed E-state index contributed by atoms with van der Waals surface area (Å²) in [7, 11) is 0. The third kappa shape index (κ3) is 5.52. The van der Waals surface area contributed by atoms with Crippen LogP contribution in [-0.2, 0) is 4.79 Å². The number of benzene rings is 2. The van der Waals surface area contributed by atoms with E-state index in [1.807, 2.05) is 61.2 Å². The van der Waals surface area contributed by atoms with Crippen molar-refractivity contribution < 1.29 is 9.53 Å². The topological polar surface area (TPSA) is 41.6 Å². The Morgan fingerprint density at radius 2 is 1.92 bits per heavy atom.